The first-order valence-corrected chi connectivity index (χ1v) is 4.98. The molecule has 0 aromatic heterocycles. The molecule has 1 atom stereocenters. The van der Waals surface area contributed by atoms with Crippen molar-refractivity contribution < 1.29 is 13.6 Å². The van der Waals surface area contributed by atoms with E-state index in [1.54, 1.807) is 4.90 Å². The fourth-order valence-electron chi connectivity index (χ4n) is 2.00. The van der Waals surface area contributed by atoms with Gasteiger partial charge in [0.05, 0.1) is 0 Å². The highest BCUT2D eigenvalue weighted by Crippen LogP contribution is 2.50. The Hall–Kier alpha value is -0.670. The van der Waals surface area contributed by atoms with Gasteiger partial charge >= 0.3 is 0 Å². The van der Waals surface area contributed by atoms with Crippen LogP contribution >= 0.6 is 0 Å². The minimum atomic E-state index is -2.72. The number of rotatable bonds is 1. The summed E-state index contributed by atoms with van der Waals surface area (Å²) in [4.78, 5) is 13.1. The summed E-state index contributed by atoms with van der Waals surface area (Å²) in [5, 5.41) is 0. The van der Waals surface area contributed by atoms with Crippen molar-refractivity contribution in [2.45, 2.75) is 32.6 Å². The fourth-order valence-corrected chi connectivity index (χ4v) is 2.00. The highest BCUT2D eigenvalue weighted by Gasteiger charge is 2.62. The number of alkyl halides is 2. The van der Waals surface area contributed by atoms with Gasteiger partial charge in [0.15, 0.2) is 0 Å². The van der Waals surface area contributed by atoms with Gasteiger partial charge in [-0.3, -0.25) is 4.79 Å². The summed E-state index contributed by atoms with van der Waals surface area (Å²) in [5.74, 6) is -4.08. The normalized spacial score (nSPS) is 33.1. The van der Waals surface area contributed by atoms with Gasteiger partial charge in [-0.25, -0.2) is 8.78 Å². The molecule has 2 fully saturated rings. The average molecular weight is 203 g/mol. The maximum atomic E-state index is 12.6. The van der Waals surface area contributed by atoms with Crippen LogP contribution in [0.1, 0.15) is 26.7 Å². The van der Waals surface area contributed by atoms with E-state index in [-0.39, 0.29) is 17.7 Å². The molecule has 0 spiro atoms. The molecule has 0 aromatic carbocycles. The molecule has 4 heteroatoms. The van der Waals surface area contributed by atoms with Crippen molar-refractivity contribution in [3.05, 3.63) is 0 Å². The Kier molecular flexibility index (Phi) is 1.88. The second kappa shape index (κ2) is 2.67. The van der Waals surface area contributed by atoms with Crippen LogP contribution in [0, 0.1) is 11.3 Å². The molecule has 1 aliphatic carbocycles. The zero-order chi connectivity index (χ0) is 10.6. The molecular formula is C10H15F2NO. The first-order chi connectivity index (χ1) is 6.32. The molecule has 1 saturated carbocycles. The van der Waals surface area contributed by atoms with Crippen LogP contribution in [0.25, 0.3) is 0 Å². The summed E-state index contributed by atoms with van der Waals surface area (Å²) >= 11 is 0. The minimum Gasteiger partial charge on any atom is -0.342 e. The molecule has 80 valence electrons. The molecule has 1 unspecified atom stereocenters. The molecule has 1 amide bonds. The van der Waals surface area contributed by atoms with Gasteiger partial charge in [-0.05, 0) is 11.8 Å². The quantitative estimate of drug-likeness (QED) is 0.637. The Morgan fingerprint density at radius 3 is 2.36 bits per heavy atom. The van der Waals surface area contributed by atoms with Gasteiger partial charge in [0.25, 0.3) is 5.92 Å². The topological polar surface area (TPSA) is 20.3 Å². The molecule has 14 heavy (non-hydrogen) atoms. The predicted octanol–water partition coefficient (Wildman–Crippen LogP) is 1.90. The van der Waals surface area contributed by atoms with Crippen molar-refractivity contribution in [3.63, 3.8) is 0 Å². The predicted molar refractivity (Wildman–Crippen MR) is 48.0 cm³/mol. The van der Waals surface area contributed by atoms with E-state index in [4.69, 9.17) is 0 Å². The Balaban J connectivity index is 1.95. The number of hydrogen-bond acceptors (Lipinski definition) is 1. The van der Waals surface area contributed by atoms with E-state index in [0.29, 0.717) is 13.1 Å². The third kappa shape index (κ3) is 1.62. The van der Waals surface area contributed by atoms with Crippen LogP contribution in [-0.2, 0) is 4.79 Å². The Bertz CT molecular complexity index is 275. The third-order valence-electron chi connectivity index (χ3n) is 3.11. The third-order valence-corrected chi connectivity index (χ3v) is 3.11. The van der Waals surface area contributed by atoms with Crippen molar-refractivity contribution >= 4 is 5.91 Å². The number of likely N-dealkylation sites (tertiary alicyclic amines) is 1. The average Bonchev–Trinajstić information content (AvgIpc) is 2.50. The summed E-state index contributed by atoms with van der Waals surface area (Å²) < 4.78 is 25.3. The van der Waals surface area contributed by atoms with Gasteiger partial charge in [0, 0.05) is 19.5 Å². The van der Waals surface area contributed by atoms with Crippen LogP contribution in [0.3, 0.4) is 0 Å². The summed E-state index contributed by atoms with van der Waals surface area (Å²) in [7, 11) is 0. The van der Waals surface area contributed by atoms with Crippen molar-refractivity contribution in [2.75, 3.05) is 13.1 Å². The summed E-state index contributed by atoms with van der Waals surface area (Å²) in [5.41, 5.74) is 0.0971. The van der Waals surface area contributed by atoms with Crippen molar-refractivity contribution in [1.29, 1.82) is 0 Å². The standard InChI is InChI=1S/C10H15F2NO/c1-9(2)3-4-13(6-9)8(14)7-5-10(7,11)12/h7H,3-6H2,1-2H3. The van der Waals surface area contributed by atoms with Crippen LogP contribution in [-0.4, -0.2) is 29.8 Å². The highest BCUT2D eigenvalue weighted by molar-refractivity contribution is 5.83. The molecule has 2 nitrogen and oxygen atoms in total. The molecule has 0 N–H and O–H groups in total. The van der Waals surface area contributed by atoms with Gasteiger partial charge in [-0.1, -0.05) is 13.8 Å². The van der Waals surface area contributed by atoms with E-state index in [2.05, 4.69) is 13.8 Å². The Labute approximate surface area is 82.3 Å². The highest BCUT2D eigenvalue weighted by atomic mass is 19.3. The lowest BCUT2D eigenvalue weighted by atomic mass is 9.93. The Morgan fingerprint density at radius 2 is 2.00 bits per heavy atom. The number of carbonyl (C=O) groups excluding carboxylic acids is 1. The lowest BCUT2D eigenvalue weighted by molar-refractivity contribution is -0.134. The fraction of sp³-hybridized carbons (Fsp3) is 0.900. The van der Waals surface area contributed by atoms with Crippen molar-refractivity contribution in [1.82, 2.24) is 4.90 Å². The molecule has 0 radical (unpaired) electrons. The van der Waals surface area contributed by atoms with Gasteiger partial charge in [0.2, 0.25) is 5.91 Å². The number of carbonyl (C=O) groups is 1. The molecule has 1 aliphatic heterocycles. The monoisotopic (exact) mass is 203 g/mol. The maximum Gasteiger partial charge on any atom is 0.260 e. The van der Waals surface area contributed by atoms with Crippen molar-refractivity contribution in [3.8, 4) is 0 Å². The van der Waals surface area contributed by atoms with E-state index in [1.807, 2.05) is 0 Å². The first-order valence-electron chi connectivity index (χ1n) is 4.98. The zero-order valence-corrected chi connectivity index (χ0v) is 8.52. The van der Waals surface area contributed by atoms with Gasteiger partial charge in [0.1, 0.15) is 5.92 Å². The van der Waals surface area contributed by atoms with Crippen LogP contribution in [0.2, 0.25) is 0 Å². The van der Waals surface area contributed by atoms with E-state index in [1.165, 1.54) is 0 Å². The number of halogens is 2. The van der Waals surface area contributed by atoms with E-state index in [9.17, 15) is 13.6 Å². The maximum absolute atomic E-state index is 12.6. The van der Waals surface area contributed by atoms with E-state index in [0.717, 1.165) is 6.42 Å². The molecule has 0 bridgehead atoms. The second-order valence-corrected chi connectivity index (χ2v) is 5.19. The zero-order valence-electron chi connectivity index (χ0n) is 8.52. The smallest absolute Gasteiger partial charge is 0.260 e. The second-order valence-electron chi connectivity index (χ2n) is 5.19. The van der Waals surface area contributed by atoms with E-state index >= 15 is 0 Å². The summed E-state index contributed by atoms with van der Waals surface area (Å²) in [6.45, 7) is 5.38. The van der Waals surface area contributed by atoms with Crippen LogP contribution in [0.4, 0.5) is 8.78 Å². The molecule has 1 heterocycles. The summed E-state index contributed by atoms with van der Waals surface area (Å²) in [6, 6.07) is 0. The molecule has 2 aliphatic rings. The summed E-state index contributed by atoms with van der Waals surface area (Å²) in [6.07, 6.45) is 0.666. The number of hydrogen-bond donors (Lipinski definition) is 0. The van der Waals surface area contributed by atoms with Gasteiger partial charge in [-0.15, -0.1) is 0 Å². The van der Waals surface area contributed by atoms with E-state index < -0.39 is 11.8 Å². The van der Waals surface area contributed by atoms with Gasteiger partial charge < -0.3 is 4.90 Å². The first kappa shape index (κ1) is 9.87. The Morgan fingerprint density at radius 1 is 1.43 bits per heavy atom. The molecule has 0 aromatic rings. The number of nitrogens with zero attached hydrogens (tertiary/aromatic N) is 1. The minimum absolute atomic E-state index is 0.0971. The molecule has 2 rings (SSSR count). The van der Waals surface area contributed by atoms with Crippen LogP contribution in [0.5, 0.6) is 0 Å². The largest absolute Gasteiger partial charge is 0.342 e. The molecule has 1 saturated heterocycles. The van der Waals surface area contributed by atoms with Crippen LogP contribution < -0.4 is 0 Å². The van der Waals surface area contributed by atoms with Crippen molar-refractivity contribution in [2.24, 2.45) is 11.3 Å². The number of amides is 1. The van der Waals surface area contributed by atoms with Crippen LogP contribution in [0.15, 0.2) is 0 Å². The van der Waals surface area contributed by atoms with Gasteiger partial charge in [-0.2, -0.15) is 0 Å². The SMILES string of the molecule is CC1(C)CCN(C(=O)C2CC2(F)F)C1. The lowest BCUT2D eigenvalue weighted by Gasteiger charge is -2.19. The lowest BCUT2D eigenvalue weighted by Crippen LogP contribution is -2.32. The molecular weight excluding hydrogens is 188 g/mol.